The quantitative estimate of drug-likeness (QED) is 0.627. The van der Waals surface area contributed by atoms with E-state index in [1.54, 1.807) is 12.1 Å². The third-order valence-corrected chi connectivity index (χ3v) is 5.73. The minimum atomic E-state index is -3.72. The van der Waals surface area contributed by atoms with E-state index >= 15 is 0 Å². The Labute approximate surface area is 157 Å². The topological polar surface area (TPSA) is 65.0 Å². The van der Waals surface area contributed by atoms with Crippen molar-refractivity contribution in [2.24, 2.45) is 16.3 Å². The summed E-state index contributed by atoms with van der Waals surface area (Å²) in [5.74, 6) is 1.45. The van der Waals surface area contributed by atoms with Crippen molar-refractivity contribution in [3.8, 4) is 0 Å². The molecule has 0 bridgehead atoms. The van der Waals surface area contributed by atoms with Gasteiger partial charge in [0.1, 0.15) is 6.61 Å². The molecule has 6 heteroatoms. The molecule has 1 heterocycles. The highest BCUT2D eigenvalue weighted by atomic mass is 32.2. The van der Waals surface area contributed by atoms with E-state index in [-0.39, 0.29) is 22.8 Å². The maximum absolute atomic E-state index is 12.3. The first-order valence-electron chi connectivity index (χ1n) is 9.29. The molecule has 5 nitrogen and oxygen atoms in total. The van der Waals surface area contributed by atoms with Crippen LogP contribution in [0.1, 0.15) is 58.9 Å². The van der Waals surface area contributed by atoms with E-state index in [1.165, 1.54) is 0 Å². The number of aliphatic imine (C=N–C) groups is 1. The Kier molecular flexibility index (Phi) is 6.86. The molecule has 0 N–H and O–H groups in total. The van der Waals surface area contributed by atoms with Crippen LogP contribution >= 0.6 is 0 Å². The maximum atomic E-state index is 12.3. The average Bonchev–Trinajstić information content (AvgIpc) is 3.12. The first-order valence-corrected chi connectivity index (χ1v) is 10.7. The summed E-state index contributed by atoms with van der Waals surface area (Å²) < 4.78 is 35.4. The Bertz CT molecular complexity index is 717. The highest BCUT2D eigenvalue weighted by Gasteiger charge is 2.23. The second kappa shape index (κ2) is 8.53. The monoisotopic (exact) mass is 381 g/mol. The summed E-state index contributed by atoms with van der Waals surface area (Å²) in [5.41, 5.74) is 0.925. The summed E-state index contributed by atoms with van der Waals surface area (Å²) in [6, 6.07) is 7.07. The highest BCUT2D eigenvalue weighted by Crippen LogP contribution is 2.29. The first-order chi connectivity index (χ1) is 12.1. The van der Waals surface area contributed by atoms with Crippen molar-refractivity contribution in [1.82, 2.24) is 0 Å². The SMILES string of the molecule is CCC(CC(C)C1=NCCO1)c1ccc(S(=O)(=O)OCC(C)(C)C)cc1. The molecule has 1 aliphatic rings. The summed E-state index contributed by atoms with van der Waals surface area (Å²) in [4.78, 5) is 4.61. The molecule has 2 rings (SSSR count). The summed E-state index contributed by atoms with van der Waals surface area (Å²) in [7, 11) is -3.72. The Balaban J connectivity index is 2.06. The van der Waals surface area contributed by atoms with Gasteiger partial charge in [-0.1, -0.05) is 46.8 Å². The largest absolute Gasteiger partial charge is 0.479 e. The molecule has 0 radical (unpaired) electrons. The van der Waals surface area contributed by atoms with Gasteiger partial charge in [-0.15, -0.1) is 0 Å². The second-order valence-electron chi connectivity index (χ2n) is 8.16. The molecule has 1 aromatic carbocycles. The van der Waals surface area contributed by atoms with Gasteiger partial charge in [0.2, 0.25) is 0 Å². The zero-order valence-electron chi connectivity index (χ0n) is 16.5. The Morgan fingerprint density at radius 1 is 1.23 bits per heavy atom. The van der Waals surface area contributed by atoms with Crippen molar-refractivity contribution in [3.05, 3.63) is 29.8 Å². The molecule has 0 amide bonds. The van der Waals surface area contributed by atoms with Gasteiger partial charge in [-0.05, 0) is 41.9 Å². The van der Waals surface area contributed by atoms with Crippen molar-refractivity contribution in [3.63, 3.8) is 0 Å². The van der Waals surface area contributed by atoms with Gasteiger partial charge >= 0.3 is 0 Å². The van der Waals surface area contributed by atoms with E-state index < -0.39 is 10.1 Å². The minimum absolute atomic E-state index is 0.161. The van der Waals surface area contributed by atoms with E-state index in [0.29, 0.717) is 12.5 Å². The molecule has 0 fully saturated rings. The van der Waals surface area contributed by atoms with Crippen LogP contribution in [0, 0.1) is 11.3 Å². The van der Waals surface area contributed by atoms with Gasteiger partial charge in [0.25, 0.3) is 10.1 Å². The standard InChI is InChI=1S/C20H31NO4S/c1-6-16(13-15(2)19-21-11-12-24-19)17-7-9-18(10-8-17)26(22,23)25-14-20(3,4)5/h7-10,15-16H,6,11-14H2,1-5H3. The number of hydrogen-bond donors (Lipinski definition) is 0. The van der Waals surface area contributed by atoms with Crippen LogP contribution in [0.4, 0.5) is 0 Å². The molecular weight excluding hydrogens is 350 g/mol. The fraction of sp³-hybridized carbons (Fsp3) is 0.650. The lowest BCUT2D eigenvalue weighted by molar-refractivity contribution is 0.203. The van der Waals surface area contributed by atoms with Crippen molar-refractivity contribution in [1.29, 1.82) is 0 Å². The zero-order valence-corrected chi connectivity index (χ0v) is 17.3. The van der Waals surface area contributed by atoms with Crippen LogP contribution in [0.15, 0.2) is 34.2 Å². The molecule has 0 spiro atoms. The zero-order chi connectivity index (χ0) is 19.4. The summed E-state index contributed by atoms with van der Waals surface area (Å²) in [6.45, 7) is 11.7. The van der Waals surface area contributed by atoms with Crippen molar-refractivity contribution in [2.75, 3.05) is 19.8 Å². The number of nitrogens with zero attached hydrogens (tertiary/aromatic N) is 1. The van der Waals surface area contributed by atoms with Gasteiger partial charge in [0.05, 0.1) is 18.0 Å². The number of benzene rings is 1. The lowest BCUT2D eigenvalue weighted by Gasteiger charge is -2.20. The molecule has 26 heavy (non-hydrogen) atoms. The molecule has 0 saturated carbocycles. The number of rotatable bonds is 8. The van der Waals surface area contributed by atoms with Crippen LogP contribution in [0.25, 0.3) is 0 Å². The van der Waals surface area contributed by atoms with E-state index in [2.05, 4.69) is 18.8 Å². The molecule has 2 unspecified atom stereocenters. The van der Waals surface area contributed by atoms with Gasteiger partial charge in [-0.25, -0.2) is 0 Å². The molecule has 2 atom stereocenters. The lowest BCUT2D eigenvalue weighted by atomic mass is 9.87. The van der Waals surface area contributed by atoms with Gasteiger partial charge in [-0.2, -0.15) is 8.42 Å². The van der Waals surface area contributed by atoms with Crippen molar-refractivity contribution >= 4 is 16.0 Å². The average molecular weight is 382 g/mol. The normalized spacial score (nSPS) is 17.5. The molecular formula is C20H31NO4S. The lowest BCUT2D eigenvalue weighted by Crippen LogP contribution is -2.18. The predicted octanol–water partition coefficient (Wildman–Crippen LogP) is 4.39. The Morgan fingerprint density at radius 3 is 2.38 bits per heavy atom. The Hall–Kier alpha value is -1.40. The van der Waals surface area contributed by atoms with E-state index in [4.69, 9.17) is 8.92 Å². The fourth-order valence-corrected chi connectivity index (χ4v) is 4.06. The van der Waals surface area contributed by atoms with E-state index in [0.717, 1.165) is 30.8 Å². The fourth-order valence-electron chi connectivity index (χ4n) is 2.94. The Morgan fingerprint density at radius 2 is 1.88 bits per heavy atom. The molecule has 0 aromatic heterocycles. The smallest absolute Gasteiger partial charge is 0.296 e. The van der Waals surface area contributed by atoms with Crippen LogP contribution in [-0.4, -0.2) is 34.1 Å². The third kappa shape index (κ3) is 5.81. The van der Waals surface area contributed by atoms with Gasteiger partial charge in [-0.3, -0.25) is 9.18 Å². The van der Waals surface area contributed by atoms with Crippen LogP contribution in [-0.2, 0) is 19.0 Å². The van der Waals surface area contributed by atoms with E-state index in [1.807, 2.05) is 32.9 Å². The van der Waals surface area contributed by atoms with E-state index in [9.17, 15) is 8.42 Å². The van der Waals surface area contributed by atoms with Crippen LogP contribution < -0.4 is 0 Å². The van der Waals surface area contributed by atoms with Crippen molar-refractivity contribution < 1.29 is 17.3 Å². The minimum Gasteiger partial charge on any atom is -0.479 e. The molecule has 146 valence electrons. The maximum Gasteiger partial charge on any atom is 0.296 e. The molecule has 0 aliphatic carbocycles. The third-order valence-electron chi connectivity index (χ3n) is 4.45. The van der Waals surface area contributed by atoms with Crippen LogP contribution in [0.3, 0.4) is 0 Å². The predicted molar refractivity (Wildman–Crippen MR) is 104 cm³/mol. The molecule has 0 saturated heterocycles. The van der Waals surface area contributed by atoms with Gasteiger partial charge < -0.3 is 4.74 Å². The van der Waals surface area contributed by atoms with Gasteiger partial charge in [0, 0.05) is 5.92 Å². The van der Waals surface area contributed by atoms with Crippen molar-refractivity contribution in [2.45, 2.75) is 58.3 Å². The number of hydrogen-bond acceptors (Lipinski definition) is 5. The second-order valence-corrected chi connectivity index (χ2v) is 9.77. The highest BCUT2D eigenvalue weighted by molar-refractivity contribution is 7.86. The summed E-state index contributed by atoms with van der Waals surface area (Å²) in [5, 5.41) is 0. The first kappa shape index (κ1) is 20.9. The molecule has 1 aromatic rings. The molecule has 1 aliphatic heterocycles. The summed E-state index contributed by atoms with van der Waals surface area (Å²) in [6.07, 6.45) is 1.91. The number of ether oxygens (including phenoxy) is 1. The summed E-state index contributed by atoms with van der Waals surface area (Å²) >= 11 is 0. The van der Waals surface area contributed by atoms with Crippen LogP contribution in [0.5, 0.6) is 0 Å². The van der Waals surface area contributed by atoms with Crippen LogP contribution in [0.2, 0.25) is 0 Å². The van der Waals surface area contributed by atoms with Gasteiger partial charge in [0.15, 0.2) is 5.90 Å².